The number of rotatable bonds is 3. The lowest BCUT2D eigenvalue weighted by Crippen LogP contribution is -2.30. The quantitative estimate of drug-likeness (QED) is 0.670. The van der Waals surface area contributed by atoms with Crippen molar-refractivity contribution in [3.63, 3.8) is 0 Å². The minimum absolute atomic E-state index is 0.423. The smallest absolute Gasteiger partial charge is 0.328 e. The van der Waals surface area contributed by atoms with E-state index in [9.17, 15) is 4.79 Å². The number of carbonyl (C=O) groups is 1. The predicted octanol–water partition coefficient (Wildman–Crippen LogP) is 2.67. The number of benzene rings is 1. The van der Waals surface area contributed by atoms with Gasteiger partial charge in [0, 0.05) is 0 Å². The normalized spacial score (nSPS) is 12.1. The highest BCUT2D eigenvalue weighted by Crippen LogP contribution is 2.24. The van der Waals surface area contributed by atoms with E-state index < -0.39 is 12.0 Å². The summed E-state index contributed by atoms with van der Waals surface area (Å²) in [6.45, 7) is 1.60. The van der Waals surface area contributed by atoms with Gasteiger partial charge in [0.15, 0.2) is 0 Å². The van der Waals surface area contributed by atoms with Gasteiger partial charge in [0.1, 0.15) is 11.8 Å². The third kappa shape index (κ3) is 2.93. The van der Waals surface area contributed by atoms with Gasteiger partial charge in [0.2, 0.25) is 0 Å². The van der Waals surface area contributed by atoms with Crippen LogP contribution in [0, 0.1) is 0 Å². The topological polar surface area (TPSA) is 52.3 Å². The zero-order chi connectivity index (χ0) is 12.3. The molecule has 0 spiro atoms. The van der Waals surface area contributed by atoms with Crippen LogP contribution < -0.4 is 10.5 Å². The van der Waals surface area contributed by atoms with Crippen molar-refractivity contribution >= 4 is 17.3 Å². The Kier molecular flexibility index (Phi) is 3.56. The minimum atomic E-state index is -0.605. The Morgan fingerprint density at radius 1 is 1.24 bits per heavy atom. The summed E-state index contributed by atoms with van der Waals surface area (Å²) < 4.78 is 5.09. The van der Waals surface area contributed by atoms with Crippen molar-refractivity contribution in [2.45, 2.75) is 13.0 Å². The maximum absolute atomic E-state index is 11.3. The fraction of sp³-hybridized carbons (Fsp3) is 0.154. The Labute approximate surface area is 104 Å². The molecule has 88 valence electrons. The molecule has 0 aliphatic rings. The summed E-state index contributed by atoms with van der Waals surface area (Å²) >= 11 is 1.65. The first-order chi connectivity index (χ1) is 8.16. The van der Waals surface area contributed by atoms with Crippen LogP contribution >= 0.6 is 11.3 Å². The Hall–Kier alpha value is -1.65. The standard InChI is InChI=1S/C13H13NO2S/c1-9(14)13(15)16-12-4-2-10(3-5-12)11-6-7-17-8-11/h2-9H,14H2,1H3/t9-/m0/s1. The lowest BCUT2D eigenvalue weighted by Gasteiger charge is -2.07. The van der Waals surface area contributed by atoms with Gasteiger partial charge in [-0.15, -0.1) is 0 Å². The van der Waals surface area contributed by atoms with E-state index in [2.05, 4.69) is 5.38 Å². The van der Waals surface area contributed by atoms with Gasteiger partial charge in [-0.1, -0.05) is 12.1 Å². The highest BCUT2D eigenvalue weighted by molar-refractivity contribution is 7.08. The molecule has 1 aromatic heterocycles. The molecule has 0 aliphatic heterocycles. The van der Waals surface area contributed by atoms with Crippen LogP contribution in [0.3, 0.4) is 0 Å². The molecule has 0 radical (unpaired) electrons. The van der Waals surface area contributed by atoms with E-state index in [1.165, 1.54) is 5.56 Å². The van der Waals surface area contributed by atoms with Crippen LogP contribution in [0.4, 0.5) is 0 Å². The summed E-state index contributed by atoms with van der Waals surface area (Å²) in [4.78, 5) is 11.3. The van der Waals surface area contributed by atoms with E-state index in [0.29, 0.717) is 5.75 Å². The van der Waals surface area contributed by atoms with Crippen molar-refractivity contribution in [1.29, 1.82) is 0 Å². The van der Waals surface area contributed by atoms with Crippen LogP contribution in [0.1, 0.15) is 6.92 Å². The van der Waals surface area contributed by atoms with Gasteiger partial charge in [-0.3, -0.25) is 0 Å². The molecule has 0 saturated heterocycles. The van der Waals surface area contributed by atoms with Gasteiger partial charge in [-0.25, -0.2) is 4.79 Å². The largest absolute Gasteiger partial charge is 0.425 e. The fourth-order valence-corrected chi connectivity index (χ4v) is 2.02. The average molecular weight is 247 g/mol. The molecule has 0 aliphatic carbocycles. The van der Waals surface area contributed by atoms with Crippen molar-refractivity contribution in [3.8, 4) is 16.9 Å². The zero-order valence-electron chi connectivity index (χ0n) is 9.42. The van der Waals surface area contributed by atoms with Crippen molar-refractivity contribution < 1.29 is 9.53 Å². The van der Waals surface area contributed by atoms with E-state index >= 15 is 0 Å². The molecule has 0 bridgehead atoms. The summed E-state index contributed by atoms with van der Waals surface area (Å²) in [6, 6.07) is 8.83. The Balaban J connectivity index is 2.11. The molecule has 1 aromatic carbocycles. The molecular weight excluding hydrogens is 234 g/mol. The number of esters is 1. The second kappa shape index (κ2) is 5.12. The fourth-order valence-electron chi connectivity index (χ4n) is 1.35. The van der Waals surface area contributed by atoms with Crippen LogP contribution in [-0.4, -0.2) is 12.0 Å². The summed E-state index contributed by atoms with van der Waals surface area (Å²) in [6.07, 6.45) is 0. The number of thiophene rings is 1. The molecule has 2 aromatic rings. The summed E-state index contributed by atoms with van der Waals surface area (Å²) in [5.74, 6) is 0.0968. The van der Waals surface area contributed by atoms with Crippen LogP contribution in [-0.2, 0) is 4.79 Å². The molecule has 4 heteroatoms. The number of nitrogens with two attached hydrogens (primary N) is 1. The average Bonchev–Trinajstić information content (AvgIpc) is 2.83. The lowest BCUT2D eigenvalue weighted by molar-refractivity contribution is -0.135. The molecule has 0 fully saturated rings. The number of hydrogen-bond donors (Lipinski definition) is 1. The van der Waals surface area contributed by atoms with E-state index in [1.54, 1.807) is 30.4 Å². The molecular formula is C13H13NO2S. The van der Waals surface area contributed by atoms with Gasteiger partial charge in [0.05, 0.1) is 0 Å². The molecule has 3 nitrogen and oxygen atoms in total. The van der Waals surface area contributed by atoms with Gasteiger partial charge < -0.3 is 10.5 Å². The zero-order valence-corrected chi connectivity index (χ0v) is 10.2. The first-order valence-electron chi connectivity index (χ1n) is 5.27. The first kappa shape index (κ1) is 11.8. The van der Waals surface area contributed by atoms with Crippen LogP contribution in [0.25, 0.3) is 11.1 Å². The summed E-state index contributed by atoms with van der Waals surface area (Å²) in [5.41, 5.74) is 7.69. The molecule has 2 N–H and O–H groups in total. The highest BCUT2D eigenvalue weighted by Gasteiger charge is 2.09. The van der Waals surface area contributed by atoms with Crippen molar-refractivity contribution in [2.24, 2.45) is 5.73 Å². The second-order valence-corrected chi connectivity index (χ2v) is 4.53. The molecule has 1 heterocycles. The SMILES string of the molecule is C[C@H](N)C(=O)Oc1ccc(-c2ccsc2)cc1. The summed E-state index contributed by atoms with van der Waals surface area (Å²) in [7, 11) is 0. The molecule has 1 atom stereocenters. The molecule has 0 saturated carbocycles. The molecule has 0 amide bonds. The third-order valence-electron chi connectivity index (χ3n) is 2.30. The van der Waals surface area contributed by atoms with Crippen LogP contribution in [0.15, 0.2) is 41.1 Å². The summed E-state index contributed by atoms with van der Waals surface area (Å²) in [5, 5.41) is 4.10. The number of hydrogen-bond acceptors (Lipinski definition) is 4. The minimum Gasteiger partial charge on any atom is -0.425 e. The number of carbonyl (C=O) groups excluding carboxylic acids is 1. The van der Waals surface area contributed by atoms with Gasteiger partial charge in [0.25, 0.3) is 0 Å². The van der Waals surface area contributed by atoms with Crippen LogP contribution in [0.5, 0.6) is 5.75 Å². The second-order valence-electron chi connectivity index (χ2n) is 3.75. The number of ether oxygens (including phenoxy) is 1. The monoisotopic (exact) mass is 247 g/mol. The maximum atomic E-state index is 11.3. The maximum Gasteiger partial charge on any atom is 0.328 e. The van der Waals surface area contributed by atoms with Crippen molar-refractivity contribution in [1.82, 2.24) is 0 Å². The molecule has 0 unspecified atom stereocenters. The van der Waals surface area contributed by atoms with E-state index in [0.717, 1.165) is 5.56 Å². The first-order valence-corrected chi connectivity index (χ1v) is 6.21. The van der Waals surface area contributed by atoms with E-state index in [4.69, 9.17) is 10.5 Å². The molecule has 2 rings (SSSR count). The Morgan fingerprint density at radius 3 is 2.47 bits per heavy atom. The van der Waals surface area contributed by atoms with E-state index in [1.807, 2.05) is 23.6 Å². The Morgan fingerprint density at radius 2 is 1.94 bits per heavy atom. The third-order valence-corrected chi connectivity index (χ3v) is 2.98. The van der Waals surface area contributed by atoms with Gasteiger partial charge in [-0.05, 0) is 47.0 Å². The van der Waals surface area contributed by atoms with Gasteiger partial charge >= 0.3 is 5.97 Å². The molecule has 17 heavy (non-hydrogen) atoms. The highest BCUT2D eigenvalue weighted by atomic mass is 32.1. The predicted molar refractivity (Wildman–Crippen MR) is 69.0 cm³/mol. The Bertz CT molecular complexity index is 489. The van der Waals surface area contributed by atoms with E-state index in [-0.39, 0.29) is 0 Å². The van der Waals surface area contributed by atoms with Crippen molar-refractivity contribution in [3.05, 3.63) is 41.1 Å². The lowest BCUT2D eigenvalue weighted by atomic mass is 10.1. The van der Waals surface area contributed by atoms with Gasteiger partial charge in [-0.2, -0.15) is 11.3 Å². The van der Waals surface area contributed by atoms with Crippen molar-refractivity contribution in [2.75, 3.05) is 0 Å². The van der Waals surface area contributed by atoms with Crippen LogP contribution in [0.2, 0.25) is 0 Å².